The number of nitrogens with one attached hydrogen (secondary N) is 1. The van der Waals surface area contributed by atoms with Crippen LogP contribution >= 0.6 is 0 Å². The molecule has 2 aliphatic rings. The van der Waals surface area contributed by atoms with E-state index in [1.165, 1.54) is 25.7 Å². The van der Waals surface area contributed by atoms with Crippen LogP contribution in [0.25, 0.3) is 0 Å². The Morgan fingerprint density at radius 3 is 2.59 bits per heavy atom. The maximum atomic E-state index is 12.2. The number of amides is 1. The topological polar surface area (TPSA) is 32.3 Å². The lowest BCUT2D eigenvalue weighted by Crippen LogP contribution is -2.38. The highest BCUT2D eigenvalue weighted by Crippen LogP contribution is 2.41. The molecule has 3 nitrogen and oxygen atoms in total. The first-order chi connectivity index (χ1) is 7.99. The predicted molar refractivity (Wildman–Crippen MR) is 69.6 cm³/mol. The number of carbonyl (C=O) groups is 1. The molecule has 1 amide bonds. The molecule has 0 bridgehead atoms. The zero-order valence-corrected chi connectivity index (χ0v) is 11.5. The zero-order valence-electron chi connectivity index (χ0n) is 11.5. The Labute approximate surface area is 105 Å². The smallest absolute Gasteiger partial charge is 0.243 e. The van der Waals surface area contributed by atoms with E-state index in [9.17, 15) is 4.79 Å². The molecule has 3 heteroatoms. The van der Waals surface area contributed by atoms with Gasteiger partial charge < -0.3 is 4.90 Å². The highest BCUT2D eigenvalue weighted by molar-refractivity contribution is 5.91. The number of rotatable bonds is 6. The number of unbranched alkanes of at least 4 members (excludes halogenated alkanes) is 2. The molecule has 17 heavy (non-hydrogen) atoms. The van der Waals surface area contributed by atoms with Crippen molar-refractivity contribution in [2.24, 2.45) is 5.41 Å². The Morgan fingerprint density at radius 2 is 2.06 bits per heavy atom. The van der Waals surface area contributed by atoms with Crippen LogP contribution < -0.4 is 5.32 Å². The summed E-state index contributed by atoms with van der Waals surface area (Å²) in [5.41, 5.74) is 0.131. The van der Waals surface area contributed by atoms with Crippen molar-refractivity contribution in [2.45, 2.75) is 64.8 Å². The van der Waals surface area contributed by atoms with Crippen LogP contribution in [0.3, 0.4) is 0 Å². The molecule has 1 spiro atoms. The van der Waals surface area contributed by atoms with E-state index < -0.39 is 0 Å². The molecule has 1 saturated heterocycles. The molecule has 0 aromatic carbocycles. The molecule has 0 aromatic heterocycles. The SMILES string of the molecule is CCCCCC(C)(C)CN1CNC2(CC2)C1=O. The standard InChI is InChI=1S/C14H26N2O/c1-4-5-6-7-13(2,3)10-16-11-15-14(8-9-14)12(16)17/h15H,4-11H2,1-3H3. The molecular weight excluding hydrogens is 212 g/mol. The average Bonchev–Trinajstić information content (AvgIpc) is 2.98. The van der Waals surface area contributed by atoms with Gasteiger partial charge in [0.2, 0.25) is 5.91 Å². The summed E-state index contributed by atoms with van der Waals surface area (Å²) in [6.45, 7) is 8.47. The summed E-state index contributed by atoms with van der Waals surface area (Å²) >= 11 is 0. The number of hydrogen-bond acceptors (Lipinski definition) is 2. The Bertz CT molecular complexity index is 295. The monoisotopic (exact) mass is 238 g/mol. The van der Waals surface area contributed by atoms with Crippen LogP contribution in [0.1, 0.15) is 59.3 Å². The van der Waals surface area contributed by atoms with Gasteiger partial charge in [0.1, 0.15) is 0 Å². The third-order valence-corrected chi connectivity index (χ3v) is 4.13. The van der Waals surface area contributed by atoms with Gasteiger partial charge in [0.05, 0.1) is 12.2 Å². The van der Waals surface area contributed by atoms with Crippen LogP contribution in [0.2, 0.25) is 0 Å². The second kappa shape index (κ2) is 4.60. The van der Waals surface area contributed by atoms with Crippen molar-refractivity contribution < 1.29 is 4.79 Å². The van der Waals surface area contributed by atoms with E-state index >= 15 is 0 Å². The van der Waals surface area contributed by atoms with Gasteiger partial charge in [-0.05, 0) is 24.7 Å². The molecule has 0 aromatic rings. The maximum Gasteiger partial charge on any atom is 0.243 e. The Morgan fingerprint density at radius 1 is 1.35 bits per heavy atom. The van der Waals surface area contributed by atoms with Gasteiger partial charge in [-0.3, -0.25) is 10.1 Å². The van der Waals surface area contributed by atoms with Gasteiger partial charge >= 0.3 is 0 Å². The third kappa shape index (κ3) is 2.82. The van der Waals surface area contributed by atoms with Crippen LogP contribution in [-0.4, -0.2) is 29.6 Å². The predicted octanol–water partition coefficient (Wildman–Crippen LogP) is 2.51. The Hall–Kier alpha value is -0.570. The molecule has 0 radical (unpaired) electrons. The van der Waals surface area contributed by atoms with Crippen molar-refractivity contribution in [3.05, 3.63) is 0 Å². The largest absolute Gasteiger partial charge is 0.328 e. The highest BCUT2D eigenvalue weighted by atomic mass is 16.2. The average molecular weight is 238 g/mol. The fourth-order valence-electron chi connectivity index (χ4n) is 2.79. The van der Waals surface area contributed by atoms with Crippen molar-refractivity contribution in [3.63, 3.8) is 0 Å². The quantitative estimate of drug-likeness (QED) is 0.721. The van der Waals surface area contributed by atoms with Gasteiger partial charge in [0, 0.05) is 6.54 Å². The Kier molecular flexibility index (Phi) is 3.48. The minimum absolute atomic E-state index is 0.125. The second-order valence-corrected chi connectivity index (χ2v) is 6.54. The normalized spacial score (nSPS) is 22.5. The number of hydrogen-bond donors (Lipinski definition) is 1. The lowest BCUT2D eigenvalue weighted by Gasteiger charge is -2.30. The first-order valence-corrected chi connectivity index (χ1v) is 7.04. The van der Waals surface area contributed by atoms with Crippen LogP contribution in [0.15, 0.2) is 0 Å². The van der Waals surface area contributed by atoms with E-state index in [0.29, 0.717) is 5.91 Å². The summed E-state index contributed by atoms with van der Waals surface area (Å²) in [5, 5.41) is 3.37. The van der Waals surface area contributed by atoms with Gasteiger partial charge in [-0.25, -0.2) is 0 Å². The number of carbonyl (C=O) groups excluding carboxylic acids is 1. The van der Waals surface area contributed by atoms with Crippen molar-refractivity contribution in [2.75, 3.05) is 13.2 Å². The van der Waals surface area contributed by atoms with Gasteiger partial charge in [-0.2, -0.15) is 0 Å². The molecule has 1 aliphatic heterocycles. The molecular formula is C14H26N2O. The van der Waals surface area contributed by atoms with E-state index in [4.69, 9.17) is 0 Å². The van der Waals surface area contributed by atoms with Crippen LogP contribution in [0.5, 0.6) is 0 Å². The summed E-state index contributed by atoms with van der Waals surface area (Å²) in [4.78, 5) is 14.2. The summed E-state index contributed by atoms with van der Waals surface area (Å²) in [7, 11) is 0. The van der Waals surface area contributed by atoms with Gasteiger partial charge in [-0.15, -0.1) is 0 Å². The molecule has 2 rings (SSSR count). The van der Waals surface area contributed by atoms with E-state index in [-0.39, 0.29) is 11.0 Å². The van der Waals surface area contributed by atoms with Gasteiger partial charge in [0.15, 0.2) is 0 Å². The first-order valence-electron chi connectivity index (χ1n) is 7.04. The van der Waals surface area contributed by atoms with E-state index in [0.717, 1.165) is 26.1 Å². The molecule has 2 fully saturated rings. The van der Waals surface area contributed by atoms with Crippen molar-refractivity contribution in [1.82, 2.24) is 10.2 Å². The van der Waals surface area contributed by atoms with Crippen molar-refractivity contribution >= 4 is 5.91 Å². The summed E-state index contributed by atoms with van der Waals surface area (Å²) in [5.74, 6) is 0.348. The molecule has 0 unspecified atom stereocenters. The Balaban J connectivity index is 1.81. The molecule has 1 N–H and O–H groups in total. The molecule has 98 valence electrons. The van der Waals surface area contributed by atoms with Crippen LogP contribution in [-0.2, 0) is 4.79 Å². The fourth-order valence-corrected chi connectivity index (χ4v) is 2.79. The third-order valence-electron chi connectivity index (χ3n) is 4.13. The van der Waals surface area contributed by atoms with Crippen molar-refractivity contribution in [3.8, 4) is 0 Å². The highest BCUT2D eigenvalue weighted by Gasteiger charge is 2.55. The van der Waals surface area contributed by atoms with Crippen LogP contribution in [0, 0.1) is 5.41 Å². The van der Waals surface area contributed by atoms with E-state index in [1.54, 1.807) is 0 Å². The van der Waals surface area contributed by atoms with Crippen LogP contribution in [0.4, 0.5) is 0 Å². The van der Waals surface area contributed by atoms with E-state index in [1.807, 2.05) is 4.90 Å². The lowest BCUT2D eigenvalue weighted by atomic mass is 9.86. The minimum atomic E-state index is -0.125. The fraction of sp³-hybridized carbons (Fsp3) is 0.929. The zero-order chi connectivity index (χ0) is 12.5. The summed E-state index contributed by atoms with van der Waals surface area (Å²) in [6, 6.07) is 0. The molecule has 0 atom stereocenters. The first kappa shape index (κ1) is 12.9. The van der Waals surface area contributed by atoms with Crippen molar-refractivity contribution in [1.29, 1.82) is 0 Å². The molecule has 1 heterocycles. The van der Waals surface area contributed by atoms with Gasteiger partial charge in [-0.1, -0.05) is 40.0 Å². The summed E-state index contributed by atoms with van der Waals surface area (Å²) < 4.78 is 0. The van der Waals surface area contributed by atoms with Gasteiger partial charge in [0.25, 0.3) is 0 Å². The summed E-state index contributed by atoms with van der Waals surface area (Å²) in [6.07, 6.45) is 7.15. The lowest BCUT2D eigenvalue weighted by molar-refractivity contribution is -0.130. The second-order valence-electron chi connectivity index (χ2n) is 6.54. The number of nitrogens with zero attached hydrogens (tertiary/aromatic N) is 1. The maximum absolute atomic E-state index is 12.2. The molecule has 1 aliphatic carbocycles. The minimum Gasteiger partial charge on any atom is -0.328 e. The van der Waals surface area contributed by atoms with E-state index in [2.05, 4.69) is 26.1 Å². The molecule has 1 saturated carbocycles.